The number of pyridine rings is 1. The summed E-state index contributed by atoms with van der Waals surface area (Å²) in [7, 11) is 0. The fraction of sp³-hybridized carbons (Fsp3) is 0.591. The zero-order valence-corrected chi connectivity index (χ0v) is 17.3. The molecule has 1 fully saturated rings. The van der Waals surface area contributed by atoms with Crippen molar-refractivity contribution in [3.63, 3.8) is 0 Å². The van der Waals surface area contributed by atoms with Crippen molar-refractivity contribution in [2.75, 3.05) is 31.2 Å². The lowest BCUT2D eigenvalue weighted by molar-refractivity contribution is 0.263. The van der Waals surface area contributed by atoms with E-state index in [0.29, 0.717) is 30.5 Å². The highest BCUT2D eigenvalue weighted by molar-refractivity contribution is 5.30. The molecule has 7 nitrogen and oxygen atoms in total. The lowest BCUT2D eigenvalue weighted by Gasteiger charge is -2.32. The predicted octanol–water partition coefficient (Wildman–Crippen LogP) is 2.54. The largest absolute Gasteiger partial charge is 0.478 e. The van der Waals surface area contributed by atoms with Gasteiger partial charge in [-0.2, -0.15) is 0 Å². The number of aromatic nitrogens is 3. The van der Waals surface area contributed by atoms with Crippen LogP contribution >= 0.6 is 0 Å². The van der Waals surface area contributed by atoms with Crippen molar-refractivity contribution < 1.29 is 14.9 Å². The van der Waals surface area contributed by atoms with Crippen molar-refractivity contribution in [2.24, 2.45) is 5.92 Å². The maximum atomic E-state index is 9.34. The molecule has 0 aliphatic carbocycles. The zero-order chi connectivity index (χ0) is 20.5. The number of hydrogen-bond acceptors (Lipinski definition) is 7. The Morgan fingerprint density at radius 2 is 1.90 bits per heavy atom. The Morgan fingerprint density at radius 1 is 1.14 bits per heavy atom. The molecule has 2 N–H and O–H groups in total. The summed E-state index contributed by atoms with van der Waals surface area (Å²) in [5, 5.41) is 18.5. The second-order valence-electron chi connectivity index (χ2n) is 7.55. The molecule has 1 aliphatic rings. The Labute approximate surface area is 172 Å². The van der Waals surface area contributed by atoms with E-state index in [2.05, 4.69) is 26.8 Å². The average Bonchev–Trinajstić information content (AvgIpc) is 2.78. The van der Waals surface area contributed by atoms with Gasteiger partial charge in [0.15, 0.2) is 0 Å². The normalized spacial score (nSPS) is 14.9. The summed E-state index contributed by atoms with van der Waals surface area (Å²) in [6.45, 7) is 4.69. The predicted molar refractivity (Wildman–Crippen MR) is 112 cm³/mol. The first-order valence-corrected chi connectivity index (χ1v) is 10.6. The molecular weight excluding hydrogens is 368 g/mol. The summed E-state index contributed by atoms with van der Waals surface area (Å²) in [5.74, 6) is 2.12. The van der Waals surface area contributed by atoms with Crippen molar-refractivity contribution in [3.05, 3.63) is 41.3 Å². The van der Waals surface area contributed by atoms with Crippen LogP contribution in [0.25, 0.3) is 0 Å². The van der Waals surface area contributed by atoms with Crippen molar-refractivity contribution in [2.45, 2.75) is 52.1 Å². The van der Waals surface area contributed by atoms with E-state index in [4.69, 9.17) is 9.84 Å². The SMILES string of the molecule is CCc1cnc(N2CCC(CCCOc3ccc(CO)c(CCO)n3)CC2)nc1. The van der Waals surface area contributed by atoms with Crippen molar-refractivity contribution in [1.82, 2.24) is 15.0 Å². The quantitative estimate of drug-likeness (QED) is 0.592. The second-order valence-corrected chi connectivity index (χ2v) is 7.55. The highest BCUT2D eigenvalue weighted by Gasteiger charge is 2.20. The van der Waals surface area contributed by atoms with E-state index in [1.807, 2.05) is 18.5 Å². The summed E-state index contributed by atoms with van der Waals surface area (Å²) < 4.78 is 5.79. The third-order valence-corrected chi connectivity index (χ3v) is 5.57. The Balaban J connectivity index is 1.38. The van der Waals surface area contributed by atoms with E-state index >= 15 is 0 Å². The van der Waals surface area contributed by atoms with Gasteiger partial charge in [0, 0.05) is 44.6 Å². The van der Waals surface area contributed by atoms with E-state index < -0.39 is 0 Å². The molecule has 2 aromatic rings. The van der Waals surface area contributed by atoms with E-state index in [1.54, 1.807) is 6.07 Å². The van der Waals surface area contributed by atoms with Gasteiger partial charge in [0.25, 0.3) is 0 Å². The van der Waals surface area contributed by atoms with Crippen LogP contribution in [-0.4, -0.2) is 51.5 Å². The van der Waals surface area contributed by atoms with Crippen LogP contribution in [0.3, 0.4) is 0 Å². The van der Waals surface area contributed by atoms with E-state index in [0.717, 1.165) is 56.7 Å². The van der Waals surface area contributed by atoms with Crippen LogP contribution in [0.5, 0.6) is 5.88 Å². The third-order valence-electron chi connectivity index (χ3n) is 5.57. The Kier molecular flexibility index (Phi) is 8.19. The molecule has 0 bridgehead atoms. The van der Waals surface area contributed by atoms with Gasteiger partial charge in [0.1, 0.15) is 0 Å². The van der Waals surface area contributed by atoms with Crippen LogP contribution in [0.4, 0.5) is 5.95 Å². The maximum Gasteiger partial charge on any atom is 0.225 e. The van der Waals surface area contributed by atoms with Gasteiger partial charge in [-0.1, -0.05) is 6.92 Å². The molecule has 3 rings (SSSR count). The minimum absolute atomic E-state index is 0.00986. The summed E-state index contributed by atoms with van der Waals surface area (Å²) in [5.41, 5.74) is 2.62. The van der Waals surface area contributed by atoms with Gasteiger partial charge in [-0.15, -0.1) is 0 Å². The molecule has 7 heteroatoms. The molecule has 29 heavy (non-hydrogen) atoms. The molecule has 1 aliphatic heterocycles. The Morgan fingerprint density at radius 3 is 2.55 bits per heavy atom. The molecule has 0 spiro atoms. The Hall–Kier alpha value is -2.25. The van der Waals surface area contributed by atoms with Crippen molar-refractivity contribution >= 4 is 5.95 Å². The molecule has 0 radical (unpaired) electrons. The topological polar surface area (TPSA) is 91.6 Å². The molecule has 0 amide bonds. The van der Waals surface area contributed by atoms with E-state index in [1.165, 1.54) is 5.56 Å². The van der Waals surface area contributed by atoms with Gasteiger partial charge in [-0.3, -0.25) is 0 Å². The van der Waals surface area contributed by atoms with Crippen LogP contribution < -0.4 is 9.64 Å². The third kappa shape index (κ3) is 6.11. The summed E-state index contributed by atoms with van der Waals surface area (Å²) in [4.78, 5) is 15.7. The molecule has 158 valence electrons. The number of nitrogens with zero attached hydrogens (tertiary/aromatic N) is 4. The summed E-state index contributed by atoms with van der Waals surface area (Å²) in [6, 6.07) is 3.60. The van der Waals surface area contributed by atoms with Gasteiger partial charge in [0.2, 0.25) is 11.8 Å². The highest BCUT2D eigenvalue weighted by Crippen LogP contribution is 2.24. The highest BCUT2D eigenvalue weighted by atomic mass is 16.5. The lowest BCUT2D eigenvalue weighted by Crippen LogP contribution is -2.35. The molecule has 2 aromatic heterocycles. The van der Waals surface area contributed by atoms with Crippen LogP contribution in [0.2, 0.25) is 0 Å². The first-order chi connectivity index (χ1) is 14.2. The fourth-order valence-electron chi connectivity index (χ4n) is 3.72. The molecule has 0 saturated carbocycles. The van der Waals surface area contributed by atoms with Crippen molar-refractivity contribution in [1.29, 1.82) is 0 Å². The molecule has 0 unspecified atom stereocenters. The summed E-state index contributed by atoms with van der Waals surface area (Å²) in [6.07, 6.45) is 9.70. The molecule has 3 heterocycles. The van der Waals surface area contributed by atoms with Gasteiger partial charge < -0.3 is 19.8 Å². The standard InChI is InChI=1S/C22H32N4O3/c1-2-17-14-23-22(24-15-17)26-10-7-18(8-11-26)4-3-13-29-21-6-5-19(16-28)20(25-21)9-12-27/h5-6,14-15,18,27-28H,2-4,7-13,16H2,1H3. The first kappa shape index (κ1) is 21.5. The number of aliphatic hydroxyl groups excluding tert-OH is 2. The second kappa shape index (κ2) is 11.1. The smallest absolute Gasteiger partial charge is 0.225 e. The van der Waals surface area contributed by atoms with Gasteiger partial charge in [-0.25, -0.2) is 15.0 Å². The number of hydrogen-bond donors (Lipinski definition) is 2. The average molecular weight is 401 g/mol. The molecule has 0 atom stereocenters. The van der Waals surface area contributed by atoms with Crippen molar-refractivity contribution in [3.8, 4) is 5.88 Å². The number of rotatable bonds is 10. The first-order valence-electron chi connectivity index (χ1n) is 10.6. The minimum Gasteiger partial charge on any atom is -0.478 e. The molecular formula is C22H32N4O3. The van der Waals surface area contributed by atoms with E-state index in [-0.39, 0.29) is 13.2 Å². The monoisotopic (exact) mass is 400 g/mol. The number of aliphatic hydroxyl groups is 2. The lowest BCUT2D eigenvalue weighted by atomic mass is 9.92. The minimum atomic E-state index is -0.0743. The van der Waals surface area contributed by atoms with E-state index in [9.17, 15) is 5.11 Å². The van der Waals surface area contributed by atoms with Gasteiger partial charge in [-0.05, 0) is 55.2 Å². The maximum absolute atomic E-state index is 9.34. The van der Waals surface area contributed by atoms with Crippen LogP contribution in [0.1, 0.15) is 49.4 Å². The van der Waals surface area contributed by atoms with Crippen LogP contribution in [0, 0.1) is 5.92 Å². The fourth-order valence-corrected chi connectivity index (χ4v) is 3.72. The summed E-state index contributed by atoms with van der Waals surface area (Å²) >= 11 is 0. The number of ether oxygens (including phenoxy) is 1. The zero-order valence-electron chi connectivity index (χ0n) is 17.3. The number of aryl methyl sites for hydroxylation is 1. The number of piperidine rings is 1. The van der Waals surface area contributed by atoms with Gasteiger partial charge in [0.05, 0.1) is 18.9 Å². The van der Waals surface area contributed by atoms with Crippen LogP contribution in [-0.2, 0) is 19.4 Å². The number of anilines is 1. The Bertz CT molecular complexity index is 746. The van der Waals surface area contributed by atoms with Crippen LogP contribution in [0.15, 0.2) is 24.5 Å². The van der Waals surface area contributed by atoms with Gasteiger partial charge >= 0.3 is 0 Å². The molecule has 0 aromatic carbocycles. The molecule has 1 saturated heterocycles.